The number of nitrogens with one attached hydrogen (secondary N) is 3. The van der Waals surface area contributed by atoms with Gasteiger partial charge in [-0.3, -0.25) is 4.79 Å². The maximum Gasteiger partial charge on any atom is 0.326 e. The number of carboxylic acid groups (broad SMARTS) is 1. The molecule has 1 aliphatic carbocycles. The van der Waals surface area contributed by atoms with Gasteiger partial charge in [-0.2, -0.15) is 0 Å². The number of carbonyl (C=O) groups is 3. The lowest BCUT2D eigenvalue weighted by Gasteiger charge is -2.22. The molecule has 7 heteroatoms. The van der Waals surface area contributed by atoms with Crippen molar-refractivity contribution >= 4 is 17.9 Å². The highest BCUT2D eigenvalue weighted by molar-refractivity contribution is 5.83. The first-order chi connectivity index (χ1) is 11.5. The fraction of sp³-hybridized carbons (Fsp3) is 0.706. The number of hydrogen-bond acceptors (Lipinski definition) is 3. The Hall–Kier alpha value is -2.05. The SMILES string of the molecule is C=CCCC(NC(=O)CCCNC(=O)NC1CCCCC1)C(=O)O. The molecule has 1 rings (SSSR count). The summed E-state index contributed by atoms with van der Waals surface area (Å²) in [6, 6.07) is -0.835. The van der Waals surface area contributed by atoms with Crippen LogP contribution in [-0.2, 0) is 9.59 Å². The standard InChI is InChI=1S/C17H29N3O4/c1-2-3-10-14(16(22)23)20-15(21)11-7-12-18-17(24)19-13-8-5-4-6-9-13/h2,13-14H,1,3-12H2,(H,20,21)(H,22,23)(H2,18,19,24). The molecule has 0 radical (unpaired) electrons. The van der Waals surface area contributed by atoms with Gasteiger partial charge in [0.1, 0.15) is 6.04 Å². The lowest BCUT2D eigenvalue weighted by Crippen LogP contribution is -2.43. The normalized spacial score (nSPS) is 16.0. The Balaban J connectivity index is 2.14. The van der Waals surface area contributed by atoms with E-state index in [0.29, 0.717) is 25.8 Å². The Kier molecular flexibility index (Phi) is 9.56. The number of rotatable bonds is 10. The van der Waals surface area contributed by atoms with Gasteiger partial charge in [0.05, 0.1) is 0 Å². The van der Waals surface area contributed by atoms with Crippen LogP contribution in [0.15, 0.2) is 12.7 Å². The Morgan fingerprint density at radius 2 is 1.92 bits per heavy atom. The van der Waals surface area contributed by atoms with Crippen molar-refractivity contribution in [1.29, 1.82) is 0 Å². The Labute approximate surface area is 143 Å². The molecule has 0 aliphatic heterocycles. The Morgan fingerprint density at radius 1 is 1.21 bits per heavy atom. The molecule has 3 amide bonds. The minimum Gasteiger partial charge on any atom is -0.480 e. The lowest BCUT2D eigenvalue weighted by molar-refractivity contribution is -0.142. The maximum atomic E-state index is 11.8. The molecular weight excluding hydrogens is 310 g/mol. The van der Waals surface area contributed by atoms with Crippen molar-refractivity contribution in [2.24, 2.45) is 0 Å². The summed E-state index contributed by atoms with van der Waals surface area (Å²) in [7, 11) is 0. The minimum absolute atomic E-state index is 0.182. The fourth-order valence-corrected chi connectivity index (χ4v) is 2.74. The highest BCUT2D eigenvalue weighted by Crippen LogP contribution is 2.17. The van der Waals surface area contributed by atoms with E-state index in [9.17, 15) is 14.4 Å². The number of allylic oxidation sites excluding steroid dienone is 1. The van der Waals surface area contributed by atoms with Crippen LogP contribution in [0, 0.1) is 0 Å². The smallest absolute Gasteiger partial charge is 0.326 e. The van der Waals surface area contributed by atoms with E-state index < -0.39 is 12.0 Å². The topological polar surface area (TPSA) is 108 Å². The van der Waals surface area contributed by atoms with Crippen molar-refractivity contribution in [3.8, 4) is 0 Å². The summed E-state index contributed by atoms with van der Waals surface area (Å²) in [5.74, 6) is -1.36. The van der Waals surface area contributed by atoms with Gasteiger partial charge in [-0.25, -0.2) is 9.59 Å². The molecule has 0 bridgehead atoms. The van der Waals surface area contributed by atoms with Gasteiger partial charge in [0, 0.05) is 19.0 Å². The van der Waals surface area contributed by atoms with E-state index in [0.717, 1.165) is 25.7 Å². The third-order valence-electron chi connectivity index (χ3n) is 4.10. The van der Waals surface area contributed by atoms with E-state index in [1.165, 1.54) is 6.42 Å². The third-order valence-corrected chi connectivity index (χ3v) is 4.10. The molecule has 4 N–H and O–H groups in total. The van der Waals surface area contributed by atoms with Crippen molar-refractivity contribution in [3.05, 3.63) is 12.7 Å². The van der Waals surface area contributed by atoms with Gasteiger partial charge in [-0.05, 0) is 32.1 Å². The third kappa shape index (κ3) is 8.55. The van der Waals surface area contributed by atoms with Crippen molar-refractivity contribution < 1.29 is 19.5 Å². The van der Waals surface area contributed by atoms with Crippen molar-refractivity contribution in [1.82, 2.24) is 16.0 Å². The summed E-state index contributed by atoms with van der Waals surface area (Å²) in [5, 5.41) is 17.2. The van der Waals surface area contributed by atoms with Gasteiger partial charge in [0.2, 0.25) is 5.91 Å². The number of carboxylic acids is 1. The van der Waals surface area contributed by atoms with Crippen molar-refractivity contribution in [2.75, 3.05) is 6.54 Å². The van der Waals surface area contributed by atoms with E-state index in [2.05, 4.69) is 22.5 Å². The van der Waals surface area contributed by atoms with Crippen LogP contribution in [0.25, 0.3) is 0 Å². The second-order valence-electron chi connectivity index (χ2n) is 6.16. The van der Waals surface area contributed by atoms with E-state index in [1.54, 1.807) is 6.08 Å². The number of aliphatic carboxylic acids is 1. The Bertz CT molecular complexity index is 434. The Morgan fingerprint density at radius 3 is 2.54 bits per heavy atom. The van der Waals surface area contributed by atoms with Gasteiger partial charge in [-0.15, -0.1) is 6.58 Å². The summed E-state index contributed by atoms with van der Waals surface area (Å²) >= 11 is 0. The largest absolute Gasteiger partial charge is 0.480 e. The highest BCUT2D eigenvalue weighted by atomic mass is 16.4. The molecule has 1 unspecified atom stereocenters. The number of carbonyl (C=O) groups excluding carboxylic acids is 2. The first kappa shape index (κ1) is 20.0. The van der Waals surface area contributed by atoms with Crippen LogP contribution in [0.3, 0.4) is 0 Å². The van der Waals surface area contributed by atoms with E-state index in [1.807, 2.05) is 0 Å². The minimum atomic E-state index is -1.05. The van der Waals surface area contributed by atoms with Gasteiger partial charge in [0.15, 0.2) is 0 Å². The van der Waals surface area contributed by atoms with Gasteiger partial charge in [0.25, 0.3) is 0 Å². The quantitative estimate of drug-likeness (QED) is 0.360. The predicted octanol–water partition coefficient (Wildman–Crippen LogP) is 1.93. The molecule has 0 aromatic heterocycles. The zero-order valence-electron chi connectivity index (χ0n) is 14.2. The average Bonchev–Trinajstić information content (AvgIpc) is 2.56. The van der Waals surface area contributed by atoms with Crippen LogP contribution < -0.4 is 16.0 Å². The summed E-state index contributed by atoms with van der Waals surface area (Å²) < 4.78 is 0. The fourth-order valence-electron chi connectivity index (χ4n) is 2.74. The molecule has 1 saturated carbocycles. The molecule has 0 heterocycles. The molecule has 0 aromatic carbocycles. The summed E-state index contributed by atoms with van der Waals surface area (Å²) in [6.45, 7) is 3.92. The molecule has 1 atom stereocenters. The van der Waals surface area contributed by atoms with Crippen LogP contribution >= 0.6 is 0 Å². The van der Waals surface area contributed by atoms with Crippen LogP contribution in [0.2, 0.25) is 0 Å². The second kappa shape index (κ2) is 11.5. The maximum absolute atomic E-state index is 11.8. The summed E-state index contributed by atoms with van der Waals surface area (Å²) in [6.07, 6.45) is 8.72. The van der Waals surface area contributed by atoms with Crippen LogP contribution in [-0.4, -0.2) is 41.6 Å². The monoisotopic (exact) mass is 339 g/mol. The number of amides is 3. The molecule has 0 spiro atoms. The summed E-state index contributed by atoms with van der Waals surface area (Å²) in [4.78, 5) is 34.5. The van der Waals surface area contributed by atoms with E-state index in [-0.39, 0.29) is 24.4 Å². The molecule has 0 saturated heterocycles. The molecular formula is C17H29N3O4. The van der Waals surface area contributed by atoms with Gasteiger partial charge >= 0.3 is 12.0 Å². The zero-order valence-corrected chi connectivity index (χ0v) is 14.2. The predicted molar refractivity (Wildman–Crippen MR) is 91.6 cm³/mol. The number of hydrogen-bond donors (Lipinski definition) is 4. The molecule has 1 fully saturated rings. The molecule has 0 aromatic rings. The van der Waals surface area contributed by atoms with Crippen LogP contribution in [0.1, 0.15) is 57.8 Å². The summed E-state index contributed by atoms with van der Waals surface area (Å²) in [5.41, 5.74) is 0. The van der Waals surface area contributed by atoms with Gasteiger partial charge < -0.3 is 21.1 Å². The van der Waals surface area contributed by atoms with E-state index in [4.69, 9.17) is 5.11 Å². The van der Waals surface area contributed by atoms with Crippen molar-refractivity contribution in [2.45, 2.75) is 69.9 Å². The van der Waals surface area contributed by atoms with Crippen LogP contribution in [0.5, 0.6) is 0 Å². The first-order valence-electron chi connectivity index (χ1n) is 8.70. The van der Waals surface area contributed by atoms with Crippen LogP contribution in [0.4, 0.5) is 4.79 Å². The number of urea groups is 1. The lowest BCUT2D eigenvalue weighted by atomic mass is 9.96. The second-order valence-corrected chi connectivity index (χ2v) is 6.16. The van der Waals surface area contributed by atoms with Gasteiger partial charge in [-0.1, -0.05) is 25.3 Å². The highest BCUT2D eigenvalue weighted by Gasteiger charge is 2.19. The first-order valence-corrected chi connectivity index (χ1v) is 8.70. The molecule has 1 aliphatic rings. The molecule has 7 nitrogen and oxygen atoms in total. The average molecular weight is 339 g/mol. The molecule has 24 heavy (non-hydrogen) atoms. The van der Waals surface area contributed by atoms with E-state index >= 15 is 0 Å². The van der Waals surface area contributed by atoms with Crippen molar-refractivity contribution in [3.63, 3.8) is 0 Å². The molecule has 136 valence electrons. The zero-order chi connectivity index (χ0) is 17.8.